The Bertz CT molecular complexity index is 339. The average Bonchev–Trinajstić information content (AvgIpc) is 2.74. The minimum atomic E-state index is -1.71. The molecule has 2 rings (SSSR count). The van der Waals surface area contributed by atoms with Gasteiger partial charge in [0.15, 0.2) is 0 Å². The number of hydrogen-bond acceptors (Lipinski definition) is 3. The van der Waals surface area contributed by atoms with E-state index in [9.17, 15) is 13.6 Å². The molecule has 0 amide bonds. The number of hydrogen-bond donors (Lipinski definition) is 0. The van der Waals surface area contributed by atoms with Crippen LogP contribution in [0.4, 0.5) is 8.78 Å². The zero-order valence-electron chi connectivity index (χ0n) is 9.26. The predicted octanol–water partition coefficient (Wildman–Crippen LogP) is 1.94. The van der Waals surface area contributed by atoms with E-state index >= 15 is 0 Å². The van der Waals surface area contributed by atoms with E-state index in [-0.39, 0.29) is 18.6 Å². The van der Waals surface area contributed by atoms with Crippen molar-refractivity contribution in [2.75, 3.05) is 19.7 Å². The molecule has 2 fully saturated rings. The van der Waals surface area contributed by atoms with E-state index in [1.54, 1.807) is 6.92 Å². The van der Waals surface area contributed by atoms with Crippen molar-refractivity contribution >= 4 is 5.97 Å². The van der Waals surface area contributed by atoms with Crippen molar-refractivity contribution in [1.82, 2.24) is 4.90 Å². The van der Waals surface area contributed by atoms with Crippen LogP contribution in [0.5, 0.6) is 0 Å². The molecule has 2 saturated heterocycles. The first-order valence-electron chi connectivity index (χ1n) is 5.60. The second-order valence-electron chi connectivity index (χ2n) is 4.16. The SMILES string of the molecule is CCOC(=O)[C@]12CCCN1CCC2=C(F)F. The van der Waals surface area contributed by atoms with Gasteiger partial charge in [-0.3, -0.25) is 4.90 Å². The Morgan fingerprint density at radius 2 is 2.25 bits per heavy atom. The highest BCUT2D eigenvalue weighted by molar-refractivity contribution is 5.86. The predicted molar refractivity (Wildman–Crippen MR) is 54.0 cm³/mol. The summed E-state index contributed by atoms with van der Waals surface area (Å²) in [5, 5.41) is 0. The summed E-state index contributed by atoms with van der Waals surface area (Å²) in [4.78, 5) is 13.8. The maximum atomic E-state index is 12.9. The van der Waals surface area contributed by atoms with Crippen molar-refractivity contribution < 1.29 is 18.3 Å². The number of rotatable bonds is 2. The monoisotopic (exact) mass is 231 g/mol. The van der Waals surface area contributed by atoms with Crippen molar-refractivity contribution in [2.45, 2.75) is 31.7 Å². The average molecular weight is 231 g/mol. The fourth-order valence-corrected chi connectivity index (χ4v) is 2.83. The highest BCUT2D eigenvalue weighted by Gasteiger charge is 2.56. The van der Waals surface area contributed by atoms with Gasteiger partial charge in [0.25, 0.3) is 6.08 Å². The number of nitrogens with zero attached hydrogens (tertiary/aromatic N) is 1. The van der Waals surface area contributed by atoms with E-state index in [1.165, 1.54) is 0 Å². The Morgan fingerprint density at radius 3 is 2.88 bits per heavy atom. The topological polar surface area (TPSA) is 29.5 Å². The van der Waals surface area contributed by atoms with Gasteiger partial charge in [-0.25, -0.2) is 4.79 Å². The quantitative estimate of drug-likeness (QED) is 0.680. The van der Waals surface area contributed by atoms with Gasteiger partial charge >= 0.3 is 5.97 Å². The summed E-state index contributed by atoms with van der Waals surface area (Å²) in [7, 11) is 0. The first-order chi connectivity index (χ1) is 7.63. The lowest BCUT2D eigenvalue weighted by Gasteiger charge is -2.29. The van der Waals surface area contributed by atoms with Crippen LogP contribution in [0.25, 0.3) is 0 Å². The van der Waals surface area contributed by atoms with Gasteiger partial charge in [0.2, 0.25) is 0 Å². The van der Waals surface area contributed by atoms with Crippen molar-refractivity contribution in [3.8, 4) is 0 Å². The largest absolute Gasteiger partial charge is 0.464 e. The number of halogens is 2. The summed E-state index contributed by atoms with van der Waals surface area (Å²) in [6.07, 6.45) is -0.202. The Hall–Kier alpha value is -0.970. The summed E-state index contributed by atoms with van der Waals surface area (Å²) in [5.41, 5.74) is -1.17. The third-order valence-corrected chi connectivity index (χ3v) is 3.48. The maximum Gasteiger partial charge on any atom is 0.331 e. The van der Waals surface area contributed by atoms with Crippen molar-refractivity contribution in [2.24, 2.45) is 0 Å². The van der Waals surface area contributed by atoms with Gasteiger partial charge in [0.05, 0.1) is 6.61 Å². The summed E-state index contributed by atoms with van der Waals surface area (Å²) >= 11 is 0. The molecular weight excluding hydrogens is 216 g/mol. The van der Waals surface area contributed by atoms with Crippen LogP contribution in [-0.2, 0) is 9.53 Å². The summed E-state index contributed by atoms with van der Waals surface area (Å²) < 4.78 is 30.7. The van der Waals surface area contributed by atoms with Gasteiger partial charge in [-0.2, -0.15) is 8.78 Å². The molecule has 0 N–H and O–H groups in total. The van der Waals surface area contributed by atoms with Crippen LogP contribution in [0.2, 0.25) is 0 Å². The number of carbonyl (C=O) groups is 1. The molecule has 16 heavy (non-hydrogen) atoms. The van der Waals surface area contributed by atoms with Crippen LogP contribution in [0, 0.1) is 0 Å². The normalized spacial score (nSPS) is 29.3. The van der Waals surface area contributed by atoms with Gasteiger partial charge in [-0.1, -0.05) is 0 Å². The fraction of sp³-hybridized carbons (Fsp3) is 0.727. The Morgan fingerprint density at radius 1 is 1.50 bits per heavy atom. The molecule has 90 valence electrons. The lowest BCUT2D eigenvalue weighted by Crippen LogP contribution is -2.48. The van der Waals surface area contributed by atoms with Gasteiger partial charge in [-0.15, -0.1) is 0 Å². The lowest BCUT2D eigenvalue weighted by molar-refractivity contribution is -0.152. The van der Waals surface area contributed by atoms with Crippen LogP contribution >= 0.6 is 0 Å². The molecule has 0 aromatic heterocycles. The summed E-state index contributed by atoms with van der Waals surface area (Å²) in [6, 6.07) is 0. The Labute approximate surface area is 93.1 Å². The molecule has 0 spiro atoms. The molecule has 2 aliphatic rings. The first kappa shape index (κ1) is 11.5. The summed E-state index contributed by atoms with van der Waals surface area (Å²) in [5.74, 6) is -0.507. The zero-order chi connectivity index (χ0) is 11.8. The number of fused-ring (bicyclic) bond motifs is 1. The molecule has 1 atom stereocenters. The molecule has 0 aromatic rings. The van der Waals surface area contributed by atoms with E-state index in [1.807, 2.05) is 4.90 Å². The molecule has 0 radical (unpaired) electrons. The maximum absolute atomic E-state index is 12.9. The van der Waals surface area contributed by atoms with Gasteiger partial charge in [-0.05, 0) is 32.7 Å². The third kappa shape index (κ3) is 1.45. The molecule has 3 nitrogen and oxygen atoms in total. The van der Waals surface area contributed by atoms with Crippen LogP contribution < -0.4 is 0 Å². The Balaban J connectivity index is 2.38. The molecule has 0 aliphatic carbocycles. The Kier molecular flexibility index (Phi) is 2.97. The lowest BCUT2D eigenvalue weighted by atomic mass is 9.89. The molecule has 2 aliphatic heterocycles. The van der Waals surface area contributed by atoms with Crippen molar-refractivity contribution in [1.29, 1.82) is 0 Å². The number of ether oxygens (including phenoxy) is 1. The minimum absolute atomic E-state index is 0.0246. The first-order valence-corrected chi connectivity index (χ1v) is 5.60. The molecular formula is C11H15F2NO2. The molecule has 0 bridgehead atoms. The fourth-order valence-electron chi connectivity index (χ4n) is 2.83. The smallest absolute Gasteiger partial charge is 0.331 e. The second kappa shape index (κ2) is 4.13. The van der Waals surface area contributed by atoms with Gasteiger partial charge in [0, 0.05) is 12.1 Å². The number of esters is 1. The van der Waals surface area contributed by atoms with Crippen LogP contribution in [-0.4, -0.2) is 36.1 Å². The molecule has 5 heteroatoms. The van der Waals surface area contributed by atoms with Crippen LogP contribution in [0.15, 0.2) is 11.7 Å². The van der Waals surface area contributed by atoms with Crippen molar-refractivity contribution in [3.63, 3.8) is 0 Å². The van der Waals surface area contributed by atoms with Crippen molar-refractivity contribution in [3.05, 3.63) is 11.7 Å². The molecule has 0 unspecified atom stereocenters. The molecule has 2 heterocycles. The standard InChI is InChI=1S/C11H15F2NO2/c1-2-16-10(15)11-5-3-6-14(11)7-4-8(11)9(12)13/h2-7H2,1H3/t11-/m1/s1. The minimum Gasteiger partial charge on any atom is -0.464 e. The highest BCUT2D eigenvalue weighted by Crippen LogP contribution is 2.45. The second-order valence-corrected chi connectivity index (χ2v) is 4.16. The van der Waals surface area contributed by atoms with Gasteiger partial charge < -0.3 is 4.74 Å². The number of carbonyl (C=O) groups excluding carboxylic acids is 1. The van der Waals surface area contributed by atoms with Crippen LogP contribution in [0.1, 0.15) is 26.2 Å². The van der Waals surface area contributed by atoms with E-state index in [2.05, 4.69) is 0 Å². The third-order valence-electron chi connectivity index (χ3n) is 3.48. The van der Waals surface area contributed by atoms with E-state index < -0.39 is 17.6 Å². The van der Waals surface area contributed by atoms with Gasteiger partial charge in [0.1, 0.15) is 5.54 Å². The zero-order valence-corrected chi connectivity index (χ0v) is 9.26. The molecule has 0 aromatic carbocycles. The molecule has 0 saturated carbocycles. The van der Waals surface area contributed by atoms with E-state index in [4.69, 9.17) is 4.74 Å². The van der Waals surface area contributed by atoms with E-state index in [0.717, 1.165) is 6.42 Å². The van der Waals surface area contributed by atoms with E-state index in [0.29, 0.717) is 19.5 Å². The highest BCUT2D eigenvalue weighted by atomic mass is 19.3. The summed E-state index contributed by atoms with van der Waals surface area (Å²) in [6.45, 7) is 3.16. The van der Waals surface area contributed by atoms with Crippen LogP contribution in [0.3, 0.4) is 0 Å².